The molecule has 0 aromatic heterocycles. The van der Waals surface area contributed by atoms with Crippen LogP contribution in [0.1, 0.15) is 64.7 Å². The number of unbranched alkanes of at least 4 members (excludes halogenated alkanes) is 3. The number of hydrogen-bond acceptors (Lipinski definition) is 3. The summed E-state index contributed by atoms with van der Waals surface area (Å²) in [6, 6.07) is 0. The highest BCUT2D eigenvalue weighted by Crippen LogP contribution is 2.39. The maximum absolute atomic E-state index is 10.5. The zero-order chi connectivity index (χ0) is 18.7. The van der Waals surface area contributed by atoms with Crippen LogP contribution in [0.2, 0.25) is 0 Å². The van der Waals surface area contributed by atoms with Crippen molar-refractivity contribution in [2.75, 3.05) is 0 Å². The Bertz CT molecular complexity index is 467. The molecule has 0 heterocycles. The van der Waals surface area contributed by atoms with E-state index in [1.165, 1.54) is 0 Å². The number of carboxylic acid groups (broad SMARTS) is 1. The van der Waals surface area contributed by atoms with Crippen LogP contribution in [0.3, 0.4) is 0 Å². The SMILES string of the molecule is C=C1C[C@H](O)[C@H](C/C=C\CCCC(=O)O)[C@H]1/C=C/[C@@H](O)CCCCC. The average molecular weight is 350 g/mol. The second kappa shape index (κ2) is 12.0. The quantitative estimate of drug-likeness (QED) is 0.363. The van der Waals surface area contributed by atoms with Crippen LogP contribution in [0.25, 0.3) is 0 Å². The molecule has 4 heteroatoms. The number of hydrogen-bond donors (Lipinski definition) is 3. The van der Waals surface area contributed by atoms with E-state index < -0.39 is 18.2 Å². The third-order valence-corrected chi connectivity index (χ3v) is 4.88. The van der Waals surface area contributed by atoms with Gasteiger partial charge in [-0.2, -0.15) is 0 Å². The van der Waals surface area contributed by atoms with Crippen molar-refractivity contribution in [1.29, 1.82) is 0 Å². The van der Waals surface area contributed by atoms with Crippen LogP contribution in [0.5, 0.6) is 0 Å². The van der Waals surface area contributed by atoms with Gasteiger partial charge >= 0.3 is 5.97 Å². The maximum Gasteiger partial charge on any atom is 0.303 e. The van der Waals surface area contributed by atoms with E-state index in [0.29, 0.717) is 12.8 Å². The van der Waals surface area contributed by atoms with E-state index in [4.69, 9.17) is 5.11 Å². The molecular weight excluding hydrogens is 316 g/mol. The van der Waals surface area contributed by atoms with E-state index in [0.717, 1.165) is 44.1 Å². The predicted molar refractivity (Wildman–Crippen MR) is 101 cm³/mol. The highest BCUT2D eigenvalue weighted by atomic mass is 16.4. The number of allylic oxidation sites excluding steroid dienone is 3. The second-order valence-corrected chi connectivity index (χ2v) is 7.06. The zero-order valence-electron chi connectivity index (χ0n) is 15.4. The normalized spacial score (nSPS) is 25.2. The smallest absolute Gasteiger partial charge is 0.303 e. The summed E-state index contributed by atoms with van der Waals surface area (Å²) >= 11 is 0. The molecule has 1 fully saturated rings. The molecule has 0 radical (unpaired) electrons. The van der Waals surface area contributed by atoms with Gasteiger partial charge in [-0.25, -0.2) is 0 Å². The topological polar surface area (TPSA) is 77.8 Å². The van der Waals surface area contributed by atoms with Crippen LogP contribution in [-0.4, -0.2) is 33.5 Å². The molecule has 0 spiro atoms. The van der Waals surface area contributed by atoms with Crippen LogP contribution < -0.4 is 0 Å². The summed E-state index contributed by atoms with van der Waals surface area (Å²) in [5.41, 5.74) is 1.02. The molecule has 4 nitrogen and oxygen atoms in total. The number of carbonyl (C=O) groups is 1. The summed E-state index contributed by atoms with van der Waals surface area (Å²) in [7, 11) is 0. The molecule has 0 bridgehead atoms. The molecule has 0 aliphatic heterocycles. The lowest BCUT2D eigenvalue weighted by Gasteiger charge is -2.18. The van der Waals surface area contributed by atoms with Gasteiger partial charge in [-0.1, -0.05) is 62.6 Å². The minimum absolute atomic E-state index is 0.0855. The van der Waals surface area contributed by atoms with Crippen molar-refractivity contribution in [3.63, 3.8) is 0 Å². The minimum Gasteiger partial charge on any atom is -0.481 e. The van der Waals surface area contributed by atoms with Crippen LogP contribution in [0.4, 0.5) is 0 Å². The van der Waals surface area contributed by atoms with Crippen molar-refractivity contribution in [2.24, 2.45) is 11.8 Å². The van der Waals surface area contributed by atoms with E-state index in [9.17, 15) is 15.0 Å². The molecule has 1 saturated carbocycles. The summed E-state index contributed by atoms with van der Waals surface area (Å²) in [5.74, 6) is -0.583. The Morgan fingerprint density at radius 1 is 1.32 bits per heavy atom. The fraction of sp³-hybridized carbons (Fsp3) is 0.667. The molecule has 1 aliphatic rings. The highest BCUT2D eigenvalue weighted by Gasteiger charge is 2.35. The van der Waals surface area contributed by atoms with Gasteiger partial charge in [0, 0.05) is 12.3 Å². The summed E-state index contributed by atoms with van der Waals surface area (Å²) in [6.07, 6.45) is 14.1. The number of aliphatic hydroxyl groups is 2. The van der Waals surface area contributed by atoms with E-state index in [1.54, 1.807) is 0 Å². The van der Waals surface area contributed by atoms with Gasteiger partial charge in [0.2, 0.25) is 0 Å². The summed E-state index contributed by atoms with van der Waals surface area (Å²) in [6.45, 7) is 6.23. The second-order valence-electron chi connectivity index (χ2n) is 7.06. The molecule has 142 valence electrons. The molecule has 0 amide bonds. The van der Waals surface area contributed by atoms with Gasteiger partial charge in [-0.15, -0.1) is 0 Å². The average Bonchev–Trinajstić information content (AvgIpc) is 2.82. The molecule has 0 aromatic carbocycles. The first-order valence-corrected chi connectivity index (χ1v) is 9.54. The first-order chi connectivity index (χ1) is 12.0. The van der Waals surface area contributed by atoms with E-state index in [-0.39, 0.29) is 18.3 Å². The molecule has 0 saturated heterocycles. The monoisotopic (exact) mass is 350 g/mol. The Hall–Kier alpha value is -1.39. The van der Waals surface area contributed by atoms with Gasteiger partial charge in [-0.3, -0.25) is 4.79 Å². The Kier molecular flexibility index (Phi) is 10.4. The fourth-order valence-electron chi connectivity index (χ4n) is 3.37. The lowest BCUT2D eigenvalue weighted by molar-refractivity contribution is -0.137. The summed E-state index contributed by atoms with van der Waals surface area (Å²) in [4.78, 5) is 10.5. The summed E-state index contributed by atoms with van der Waals surface area (Å²) < 4.78 is 0. The largest absolute Gasteiger partial charge is 0.481 e. The van der Waals surface area contributed by atoms with Crippen molar-refractivity contribution in [1.82, 2.24) is 0 Å². The van der Waals surface area contributed by atoms with Crippen molar-refractivity contribution in [3.05, 3.63) is 36.5 Å². The third kappa shape index (κ3) is 8.50. The Morgan fingerprint density at radius 3 is 2.76 bits per heavy atom. The van der Waals surface area contributed by atoms with E-state index >= 15 is 0 Å². The molecular formula is C21H34O4. The first kappa shape index (κ1) is 21.7. The van der Waals surface area contributed by atoms with E-state index in [1.807, 2.05) is 24.3 Å². The Balaban J connectivity index is 2.48. The molecule has 25 heavy (non-hydrogen) atoms. The van der Waals surface area contributed by atoms with Gasteiger partial charge in [0.05, 0.1) is 12.2 Å². The fourth-order valence-corrected chi connectivity index (χ4v) is 3.37. The number of rotatable bonds is 12. The highest BCUT2D eigenvalue weighted by molar-refractivity contribution is 5.66. The van der Waals surface area contributed by atoms with Crippen LogP contribution in [0, 0.1) is 11.8 Å². The van der Waals surface area contributed by atoms with Crippen molar-refractivity contribution in [2.45, 2.75) is 76.9 Å². The Labute approximate surface area is 152 Å². The first-order valence-electron chi connectivity index (χ1n) is 9.54. The van der Waals surface area contributed by atoms with Gasteiger partial charge in [0.1, 0.15) is 0 Å². The van der Waals surface area contributed by atoms with Crippen LogP contribution in [0.15, 0.2) is 36.5 Å². The molecule has 1 aliphatic carbocycles. The minimum atomic E-state index is -0.765. The number of carboxylic acids is 1. The lowest BCUT2D eigenvalue weighted by Crippen LogP contribution is -2.18. The molecule has 4 atom stereocenters. The molecule has 3 N–H and O–H groups in total. The van der Waals surface area contributed by atoms with Gasteiger partial charge in [0.15, 0.2) is 0 Å². The van der Waals surface area contributed by atoms with Crippen molar-refractivity contribution >= 4 is 5.97 Å². The summed E-state index contributed by atoms with van der Waals surface area (Å²) in [5, 5.41) is 28.9. The number of aliphatic carboxylic acids is 1. The van der Waals surface area contributed by atoms with Crippen LogP contribution >= 0.6 is 0 Å². The van der Waals surface area contributed by atoms with E-state index in [2.05, 4.69) is 13.5 Å². The van der Waals surface area contributed by atoms with Gasteiger partial charge < -0.3 is 15.3 Å². The van der Waals surface area contributed by atoms with Gasteiger partial charge in [-0.05, 0) is 38.0 Å². The zero-order valence-corrected chi connectivity index (χ0v) is 15.4. The third-order valence-electron chi connectivity index (χ3n) is 4.88. The molecule has 0 unspecified atom stereocenters. The van der Waals surface area contributed by atoms with Crippen LogP contribution in [-0.2, 0) is 4.79 Å². The maximum atomic E-state index is 10.5. The molecule has 0 aromatic rings. The Morgan fingerprint density at radius 2 is 2.08 bits per heavy atom. The molecule has 1 rings (SSSR count). The van der Waals surface area contributed by atoms with Crippen molar-refractivity contribution in [3.8, 4) is 0 Å². The number of aliphatic hydroxyl groups excluding tert-OH is 2. The lowest BCUT2D eigenvalue weighted by atomic mass is 9.89. The van der Waals surface area contributed by atoms with Crippen molar-refractivity contribution < 1.29 is 20.1 Å². The standard InChI is InChI=1S/C21H34O4/c1-3-4-7-10-17(22)13-14-18-16(2)15-20(23)19(18)11-8-5-6-9-12-21(24)25/h5,8,13-14,17-20,22-23H,2-4,6-7,9-12,15H2,1H3,(H,24,25)/b8-5-,14-13+/t17-,18-,19+,20-/m0/s1. The van der Waals surface area contributed by atoms with Gasteiger partial charge in [0.25, 0.3) is 0 Å². The predicted octanol–water partition coefficient (Wildman–Crippen LogP) is 4.24.